The lowest BCUT2D eigenvalue weighted by molar-refractivity contribution is 0.189. The molecule has 0 radical (unpaired) electrons. The summed E-state index contributed by atoms with van der Waals surface area (Å²) in [5.41, 5.74) is 1.35. The van der Waals surface area contributed by atoms with Crippen LogP contribution in [0, 0.1) is 5.92 Å². The van der Waals surface area contributed by atoms with E-state index in [-0.39, 0.29) is 0 Å². The van der Waals surface area contributed by atoms with Gasteiger partial charge in [-0.1, -0.05) is 49.4 Å². The molecule has 28 heavy (non-hydrogen) atoms. The predicted octanol–water partition coefficient (Wildman–Crippen LogP) is 3.74. The van der Waals surface area contributed by atoms with E-state index in [9.17, 15) is 0 Å². The number of hydrogen-bond acceptors (Lipinski definition) is 2. The van der Waals surface area contributed by atoms with Crippen LogP contribution in [0.5, 0.6) is 0 Å². The summed E-state index contributed by atoms with van der Waals surface area (Å²) < 4.78 is 2.24. The molecule has 1 fully saturated rings. The number of rotatable bonds is 4. The summed E-state index contributed by atoms with van der Waals surface area (Å²) >= 11 is 0. The van der Waals surface area contributed by atoms with Crippen LogP contribution in [0.3, 0.4) is 0 Å². The van der Waals surface area contributed by atoms with Gasteiger partial charge in [-0.05, 0) is 35.1 Å². The average Bonchev–Trinajstić information content (AvgIpc) is 3.26. The van der Waals surface area contributed by atoms with Gasteiger partial charge in [0.1, 0.15) is 0 Å². The summed E-state index contributed by atoms with van der Waals surface area (Å²) in [6.07, 6.45) is 8.01. The largest absolute Gasteiger partial charge is 0.356 e. The van der Waals surface area contributed by atoms with Crippen molar-refractivity contribution in [2.75, 3.05) is 26.7 Å². The number of imidazole rings is 1. The Morgan fingerprint density at radius 1 is 1.21 bits per heavy atom. The van der Waals surface area contributed by atoms with E-state index in [1.807, 2.05) is 19.6 Å². The SMILES string of the molecule is CN=C(NCCc1ccc2ccccc2c1)N1CCC(C)C(n2ccnc2)C1. The second kappa shape index (κ2) is 8.46. The van der Waals surface area contributed by atoms with E-state index in [0.717, 1.165) is 38.4 Å². The van der Waals surface area contributed by atoms with E-state index >= 15 is 0 Å². The maximum atomic E-state index is 4.54. The number of fused-ring (bicyclic) bond motifs is 1. The summed E-state index contributed by atoms with van der Waals surface area (Å²) in [6, 6.07) is 15.7. The lowest BCUT2D eigenvalue weighted by atomic mass is 9.93. The molecule has 4 rings (SSSR count). The Kier molecular flexibility index (Phi) is 5.60. The molecule has 0 bridgehead atoms. The Bertz CT molecular complexity index is 931. The van der Waals surface area contributed by atoms with Crippen LogP contribution in [0.15, 0.2) is 66.2 Å². The fraction of sp³-hybridized carbons (Fsp3) is 0.391. The molecule has 0 amide bonds. The number of guanidine groups is 1. The highest BCUT2D eigenvalue weighted by molar-refractivity contribution is 5.83. The summed E-state index contributed by atoms with van der Waals surface area (Å²) in [4.78, 5) is 11.1. The van der Waals surface area contributed by atoms with Crippen molar-refractivity contribution in [3.63, 3.8) is 0 Å². The number of aromatic nitrogens is 2. The standard InChI is InChI=1S/C23H29N5/c1-18-10-13-27(16-22(18)28-14-12-25-17-28)23(24-2)26-11-9-19-7-8-20-5-3-4-6-21(20)15-19/h3-8,12,14-15,17-18,22H,9-11,13,16H2,1-2H3,(H,24,26). The van der Waals surface area contributed by atoms with E-state index in [1.165, 1.54) is 16.3 Å². The first kappa shape index (κ1) is 18.5. The molecule has 0 saturated carbocycles. The van der Waals surface area contributed by atoms with Crippen LogP contribution in [0.1, 0.15) is 24.9 Å². The Labute approximate surface area is 167 Å². The third kappa shape index (κ3) is 4.03. The first-order valence-electron chi connectivity index (χ1n) is 10.2. The van der Waals surface area contributed by atoms with Crippen molar-refractivity contribution < 1.29 is 0 Å². The van der Waals surface area contributed by atoms with Crippen molar-refractivity contribution in [2.45, 2.75) is 25.8 Å². The highest BCUT2D eigenvalue weighted by Crippen LogP contribution is 2.27. The molecule has 1 aromatic heterocycles. The van der Waals surface area contributed by atoms with Gasteiger partial charge in [0.2, 0.25) is 0 Å². The minimum Gasteiger partial charge on any atom is -0.356 e. The molecule has 1 aliphatic rings. The molecule has 5 heteroatoms. The number of hydrogen-bond donors (Lipinski definition) is 1. The van der Waals surface area contributed by atoms with E-state index in [0.29, 0.717) is 12.0 Å². The number of aliphatic imine (C=N–C) groups is 1. The third-order valence-corrected chi connectivity index (χ3v) is 5.85. The van der Waals surface area contributed by atoms with Crippen molar-refractivity contribution >= 4 is 16.7 Å². The van der Waals surface area contributed by atoms with Crippen LogP contribution in [0.25, 0.3) is 10.8 Å². The number of benzene rings is 2. The van der Waals surface area contributed by atoms with Crippen molar-refractivity contribution in [2.24, 2.45) is 10.9 Å². The molecule has 1 N–H and O–H groups in total. The number of nitrogens with one attached hydrogen (secondary N) is 1. The Morgan fingerprint density at radius 3 is 2.86 bits per heavy atom. The van der Waals surface area contributed by atoms with E-state index in [4.69, 9.17) is 0 Å². The van der Waals surface area contributed by atoms with Gasteiger partial charge in [0.05, 0.1) is 12.4 Å². The van der Waals surface area contributed by atoms with Crippen molar-refractivity contribution in [1.29, 1.82) is 0 Å². The quantitative estimate of drug-likeness (QED) is 0.558. The zero-order valence-corrected chi connectivity index (χ0v) is 16.8. The maximum absolute atomic E-state index is 4.54. The molecule has 2 aromatic carbocycles. The molecule has 146 valence electrons. The number of likely N-dealkylation sites (tertiary alicyclic amines) is 1. The molecule has 2 heterocycles. The minimum absolute atomic E-state index is 0.440. The lowest BCUT2D eigenvalue weighted by Crippen LogP contribution is -2.49. The normalized spacial score (nSPS) is 20.5. The average molecular weight is 376 g/mol. The number of nitrogens with zero attached hydrogens (tertiary/aromatic N) is 4. The van der Waals surface area contributed by atoms with Gasteiger partial charge < -0.3 is 14.8 Å². The van der Waals surface area contributed by atoms with Gasteiger partial charge in [0.15, 0.2) is 5.96 Å². The second-order valence-corrected chi connectivity index (χ2v) is 7.69. The molecule has 0 spiro atoms. The fourth-order valence-corrected chi connectivity index (χ4v) is 4.14. The van der Waals surface area contributed by atoms with Crippen LogP contribution in [0.4, 0.5) is 0 Å². The molecule has 2 atom stereocenters. The van der Waals surface area contributed by atoms with Crippen LogP contribution in [0.2, 0.25) is 0 Å². The van der Waals surface area contributed by atoms with E-state index in [1.54, 1.807) is 0 Å². The van der Waals surface area contributed by atoms with Gasteiger partial charge in [-0.3, -0.25) is 4.99 Å². The summed E-state index contributed by atoms with van der Waals surface area (Å²) in [7, 11) is 1.88. The second-order valence-electron chi connectivity index (χ2n) is 7.69. The third-order valence-electron chi connectivity index (χ3n) is 5.85. The van der Waals surface area contributed by atoms with Gasteiger partial charge in [0.25, 0.3) is 0 Å². The predicted molar refractivity (Wildman–Crippen MR) is 116 cm³/mol. The van der Waals surface area contributed by atoms with E-state index < -0.39 is 0 Å². The zero-order valence-electron chi connectivity index (χ0n) is 16.8. The smallest absolute Gasteiger partial charge is 0.193 e. The number of piperidine rings is 1. The molecule has 5 nitrogen and oxygen atoms in total. The molecule has 1 aliphatic heterocycles. The Balaban J connectivity index is 1.36. The van der Waals surface area contributed by atoms with Crippen LogP contribution < -0.4 is 5.32 Å². The van der Waals surface area contributed by atoms with Crippen molar-refractivity contribution in [3.05, 3.63) is 66.7 Å². The van der Waals surface area contributed by atoms with Gasteiger partial charge >= 0.3 is 0 Å². The van der Waals surface area contributed by atoms with Gasteiger partial charge in [0, 0.05) is 39.1 Å². The maximum Gasteiger partial charge on any atom is 0.193 e. The first-order chi connectivity index (χ1) is 13.7. The Hall–Kier alpha value is -2.82. The van der Waals surface area contributed by atoms with Crippen molar-refractivity contribution in [1.82, 2.24) is 19.8 Å². The zero-order chi connectivity index (χ0) is 19.3. The summed E-state index contributed by atoms with van der Waals surface area (Å²) in [5, 5.41) is 6.17. The Morgan fingerprint density at radius 2 is 2.07 bits per heavy atom. The van der Waals surface area contributed by atoms with Gasteiger partial charge in [-0.15, -0.1) is 0 Å². The van der Waals surface area contributed by atoms with Crippen LogP contribution in [-0.4, -0.2) is 47.1 Å². The summed E-state index contributed by atoms with van der Waals surface area (Å²) in [6.45, 7) is 5.22. The van der Waals surface area contributed by atoms with Crippen LogP contribution in [-0.2, 0) is 6.42 Å². The molecule has 1 saturated heterocycles. The highest BCUT2D eigenvalue weighted by atomic mass is 15.3. The van der Waals surface area contributed by atoms with Gasteiger partial charge in [-0.25, -0.2) is 4.98 Å². The molecular formula is C23H29N5. The molecule has 2 unspecified atom stereocenters. The molecule has 0 aliphatic carbocycles. The van der Waals surface area contributed by atoms with Crippen molar-refractivity contribution in [3.8, 4) is 0 Å². The first-order valence-corrected chi connectivity index (χ1v) is 10.2. The lowest BCUT2D eigenvalue weighted by Gasteiger charge is -2.39. The molecule has 3 aromatic rings. The van der Waals surface area contributed by atoms with Gasteiger partial charge in [-0.2, -0.15) is 0 Å². The minimum atomic E-state index is 0.440. The fourth-order valence-electron chi connectivity index (χ4n) is 4.14. The monoisotopic (exact) mass is 375 g/mol. The topological polar surface area (TPSA) is 45.5 Å². The highest BCUT2D eigenvalue weighted by Gasteiger charge is 2.28. The summed E-state index contributed by atoms with van der Waals surface area (Å²) in [5.74, 6) is 1.64. The van der Waals surface area contributed by atoms with E-state index in [2.05, 4.69) is 80.3 Å². The molecular weight excluding hydrogens is 346 g/mol. The van der Waals surface area contributed by atoms with Crippen LogP contribution >= 0.6 is 0 Å².